The van der Waals surface area contributed by atoms with Crippen molar-refractivity contribution in [3.05, 3.63) is 69.8 Å². The summed E-state index contributed by atoms with van der Waals surface area (Å²) in [4.78, 5) is 13.3. The average molecular weight is 326 g/mol. The van der Waals surface area contributed by atoms with Crippen molar-refractivity contribution in [3.8, 4) is 0 Å². The van der Waals surface area contributed by atoms with Gasteiger partial charge in [0.15, 0.2) is 14.2 Å². The molecule has 0 radical (unpaired) electrons. The predicted molar refractivity (Wildman–Crippen MR) is 96.0 cm³/mol. The number of rotatable bonds is 6. The zero-order valence-electron chi connectivity index (χ0n) is 14.2. The molecule has 0 heterocycles. The third-order valence-electron chi connectivity index (χ3n) is 4.63. The van der Waals surface area contributed by atoms with Gasteiger partial charge < -0.3 is 0 Å². The van der Waals surface area contributed by atoms with Crippen LogP contribution in [0.15, 0.2) is 36.4 Å². The highest BCUT2D eigenvalue weighted by molar-refractivity contribution is 7.23. The van der Waals surface area contributed by atoms with Crippen molar-refractivity contribution >= 4 is 14.2 Å². The van der Waals surface area contributed by atoms with Gasteiger partial charge in [0.2, 0.25) is 0 Å². The van der Waals surface area contributed by atoms with Crippen molar-refractivity contribution < 1.29 is 9.36 Å². The molecule has 0 aliphatic carbocycles. The van der Waals surface area contributed by atoms with Crippen LogP contribution in [0.1, 0.15) is 50.5 Å². The molecule has 0 aliphatic heterocycles. The van der Waals surface area contributed by atoms with Crippen molar-refractivity contribution in [1.29, 1.82) is 0 Å². The Morgan fingerprint density at radius 2 is 1.65 bits per heavy atom. The minimum absolute atomic E-state index is 0.0914. The van der Waals surface area contributed by atoms with Gasteiger partial charge in [0.1, 0.15) is 0 Å². The Bertz CT molecular complexity index is 720. The molecule has 0 fully saturated rings. The van der Waals surface area contributed by atoms with Crippen molar-refractivity contribution in [2.24, 2.45) is 0 Å². The van der Waals surface area contributed by atoms with Gasteiger partial charge in [-0.25, -0.2) is 0 Å². The molecule has 120 valence electrons. The van der Waals surface area contributed by atoms with Crippen LogP contribution in [0.4, 0.5) is 0 Å². The third kappa shape index (κ3) is 3.76. The Kier molecular flexibility index (Phi) is 5.85. The Morgan fingerprint density at radius 1 is 1.00 bits per heavy atom. The van der Waals surface area contributed by atoms with E-state index in [-0.39, 0.29) is 20.2 Å². The van der Waals surface area contributed by atoms with E-state index >= 15 is 0 Å². The van der Waals surface area contributed by atoms with Crippen LogP contribution in [-0.4, -0.2) is 11.9 Å². The average Bonchev–Trinajstić information content (AvgIpc) is 2.54. The van der Waals surface area contributed by atoms with E-state index in [1.54, 1.807) is 0 Å². The standard InChI is InChI=1S/C20H23O2P/c1-13-12-14(2)19(16(4)15(13)3)20(21)18(10-11-23-22)17-8-6-5-7-9-17/h5-9,12,18H,10-11H2,1-4H3. The normalized spacial score (nSPS) is 12.3. The van der Waals surface area contributed by atoms with Crippen LogP contribution in [0.5, 0.6) is 0 Å². The predicted octanol–water partition coefficient (Wildman–Crippen LogP) is 5.57. The largest absolute Gasteiger partial charge is 0.293 e. The molecule has 0 aliphatic rings. The summed E-state index contributed by atoms with van der Waals surface area (Å²) in [5.74, 6) is -0.102. The highest BCUT2D eigenvalue weighted by Crippen LogP contribution is 2.30. The Balaban J connectivity index is 2.50. The third-order valence-corrected chi connectivity index (χ3v) is 5.07. The molecule has 0 amide bonds. The van der Waals surface area contributed by atoms with Gasteiger partial charge in [0, 0.05) is 17.6 Å². The summed E-state index contributed by atoms with van der Waals surface area (Å²) in [5.41, 5.74) is 6.30. The lowest BCUT2D eigenvalue weighted by Gasteiger charge is -2.20. The first kappa shape index (κ1) is 17.6. The Morgan fingerprint density at radius 3 is 2.26 bits per heavy atom. The van der Waals surface area contributed by atoms with Gasteiger partial charge in [0.25, 0.3) is 0 Å². The molecule has 0 saturated carbocycles. The van der Waals surface area contributed by atoms with E-state index in [0.29, 0.717) is 12.6 Å². The number of hydrogen-bond acceptors (Lipinski definition) is 2. The van der Waals surface area contributed by atoms with Gasteiger partial charge in [-0.2, -0.15) is 0 Å². The van der Waals surface area contributed by atoms with Gasteiger partial charge in [-0.1, -0.05) is 36.4 Å². The van der Waals surface area contributed by atoms with Crippen molar-refractivity contribution in [1.82, 2.24) is 0 Å². The van der Waals surface area contributed by atoms with Crippen LogP contribution in [-0.2, 0) is 4.57 Å². The van der Waals surface area contributed by atoms with Crippen LogP contribution in [0.3, 0.4) is 0 Å². The van der Waals surface area contributed by atoms with E-state index in [9.17, 15) is 9.36 Å². The van der Waals surface area contributed by atoms with Crippen LogP contribution in [0.25, 0.3) is 0 Å². The molecule has 1 unspecified atom stereocenters. The smallest absolute Gasteiger partial charge is 0.170 e. The monoisotopic (exact) mass is 326 g/mol. The summed E-state index contributed by atoms with van der Waals surface area (Å²) in [5, 5.41) is 0. The molecule has 1 atom stereocenters. The van der Waals surface area contributed by atoms with E-state index in [2.05, 4.69) is 19.9 Å². The van der Waals surface area contributed by atoms with Crippen molar-refractivity contribution in [2.75, 3.05) is 6.16 Å². The summed E-state index contributed by atoms with van der Waals surface area (Å²) in [6.07, 6.45) is 1.09. The maximum atomic E-state index is 13.3. The van der Waals surface area contributed by atoms with Crippen LogP contribution in [0, 0.1) is 27.7 Å². The number of benzene rings is 2. The zero-order valence-corrected chi connectivity index (χ0v) is 15.1. The van der Waals surface area contributed by atoms with Crippen molar-refractivity contribution in [3.63, 3.8) is 0 Å². The molecule has 2 nitrogen and oxygen atoms in total. The summed E-state index contributed by atoms with van der Waals surface area (Å²) in [6.45, 7) is 8.17. The molecule has 0 spiro atoms. The van der Waals surface area contributed by atoms with E-state index in [4.69, 9.17) is 0 Å². The second kappa shape index (κ2) is 7.66. The maximum Gasteiger partial charge on any atom is 0.170 e. The van der Waals surface area contributed by atoms with E-state index in [1.807, 2.05) is 44.2 Å². The first-order chi connectivity index (χ1) is 11.0. The second-order valence-electron chi connectivity index (χ2n) is 6.10. The summed E-state index contributed by atoms with van der Waals surface area (Å²) in [6, 6.07) is 11.9. The lowest BCUT2D eigenvalue weighted by Crippen LogP contribution is -2.17. The fraction of sp³-hybridized carbons (Fsp3) is 0.350. The second-order valence-corrected chi connectivity index (χ2v) is 6.81. The van der Waals surface area contributed by atoms with Crippen molar-refractivity contribution in [2.45, 2.75) is 40.0 Å². The quantitative estimate of drug-likeness (QED) is 0.514. The first-order valence-corrected chi connectivity index (χ1v) is 8.92. The minimum atomic E-state index is -0.239. The minimum Gasteiger partial charge on any atom is -0.293 e. The van der Waals surface area contributed by atoms with Crippen LogP contribution < -0.4 is 0 Å². The van der Waals surface area contributed by atoms with Crippen LogP contribution in [0.2, 0.25) is 0 Å². The Labute approximate surface area is 140 Å². The molecule has 0 bridgehead atoms. The van der Waals surface area contributed by atoms with Gasteiger partial charge in [-0.3, -0.25) is 9.36 Å². The fourth-order valence-electron chi connectivity index (χ4n) is 3.15. The van der Waals surface area contributed by atoms with Gasteiger partial charge in [-0.15, -0.1) is 0 Å². The highest BCUT2D eigenvalue weighted by atomic mass is 31.1. The summed E-state index contributed by atoms with van der Waals surface area (Å²) < 4.78 is 10.9. The van der Waals surface area contributed by atoms with Crippen LogP contribution >= 0.6 is 8.46 Å². The number of hydrogen-bond donors (Lipinski definition) is 0. The fourth-order valence-corrected chi connectivity index (χ4v) is 3.52. The van der Waals surface area contributed by atoms with E-state index in [0.717, 1.165) is 22.3 Å². The summed E-state index contributed by atoms with van der Waals surface area (Å²) >= 11 is 0. The first-order valence-electron chi connectivity index (χ1n) is 7.93. The number of ketones is 1. The number of carbonyl (C=O) groups excluding carboxylic acids is 1. The molecule has 3 heteroatoms. The Hall–Kier alpha value is -1.79. The molecule has 2 aromatic carbocycles. The molecular weight excluding hydrogens is 303 g/mol. The lowest BCUT2D eigenvalue weighted by atomic mass is 9.83. The SMILES string of the molecule is Cc1cc(C)c(C(=O)C(CCP=O)c2ccccc2)c(C)c1C. The highest BCUT2D eigenvalue weighted by Gasteiger charge is 2.25. The molecule has 2 aromatic rings. The number of carbonyl (C=O) groups is 1. The van der Waals surface area contributed by atoms with E-state index in [1.165, 1.54) is 11.1 Å². The number of Topliss-reactive ketones (excluding diaryl/α,β-unsaturated/α-hetero) is 1. The van der Waals surface area contributed by atoms with Gasteiger partial charge in [0.05, 0.1) is 0 Å². The molecule has 0 aromatic heterocycles. The van der Waals surface area contributed by atoms with Gasteiger partial charge in [-0.05, 0) is 61.9 Å². The molecule has 0 saturated heterocycles. The van der Waals surface area contributed by atoms with Gasteiger partial charge >= 0.3 is 0 Å². The lowest BCUT2D eigenvalue weighted by molar-refractivity contribution is 0.0956. The number of aryl methyl sites for hydroxylation is 2. The molecule has 0 N–H and O–H groups in total. The molecule has 2 rings (SSSR count). The molecular formula is C20H23O2P. The van der Waals surface area contributed by atoms with E-state index < -0.39 is 0 Å². The maximum absolute atomic E-state index is 13.3. The summed E-state index contributed by atoms with van der Waals surface area (Å²) in [7, 11) is 0.0914. The topological polar surface area (TPSA) is 34.1 Å². The molecule has 23 heavy (non-hydrogen) atoms. The zero-order chi connectivity index (χ0) is 17.0.